The maximum atomic E-state index is 11.1. The van der Waals surface area contributed by atoms with Crippen LogP contribution in [-0.4, -0.2) is 20.2 Å². The van der Waals surface area contributed by atoms with Crippen molar-refractivity contribution in [3.63, 3.8) is 0 Å². The second kappa shape index (κ2) is 8.97. The van der Waals surface area contributed by atoms with Gasteiger partial charge in [-0.2, -0.15) is 0 Å². The van der Waals surface area contributed by atoms with Gasteiger partial charge in [-0.3, -0.25) is 0 Å². The van der Waals surface area contributed by atoms with Gasteiger partial charge < -0.3 is 9.47 Å². The fourth-order valence-electron chi connectivity index (χ4n) is 1.81. The normalized spacial score (nSPS) is 11.7. The summed E-state index contributed by atoms with van der Waals surface area (Å²) in [7, 11) is 3.03. The summed E-state index contributed by atoms with van der Waals surface area (Å²) in [5, 5.41) is 0. The van der Waals surface area contributed by atoms with E-state index in [0.29, 0.717) is 0 Å². The second-order valence-electron chi connectivity index (χ2n) is 4.41. The molecule has 1 rings (SSSR count). The number of carbonyl (C=O) groups is 1. The van der Waals surface area contributed by atoms with E-state index in [9.17, 15) is 4.79 Å². The molecule has 0 unspecified atom stereocenters. The first-order chi connectivity index (χ1) is 9.71. The maximum absolute atomic E-state index is 11.1. The smallest absolute Gasteiger partial charge is 0.330 e. The largest absolute Gasteiger partial charge is 0.497 e. The van der Waals surface area contributed by atoms with E-state index >= 15 is 0 Å². The molecule has 0 fully saturated rings. The van der Waals surface area contributed by atoms with Crippen LogP contribution in [0.2, 0.25) is 0 Å². The van der Waals surface area contributed by atoms with E-state index in [1.807, 2.05) is 30.3 Å². The van der Waals surface area contributed by atoms with Gasteiger partial charge in [-0.1, -0.05) is 37.6 Å². The van der Waals surface area contributed by atoms with Crippen LogP contribution in [0.5, 0.6) is 5.75 Å². The van der Waals surface area contributed by atoms with Crippen molar-refractivity contribution in [2.45, 2.75) is 26.2 Å². The topological polar surface area (TPSA) is 35.5 Å². The molecule has 3 nitrogen and oxygen atoms in total. The van der Waals surface area contributed by atoms with Gasteiger partial charge in [0, 0.05) is 6.08 Å². The molecule has 1 aromatic rings. The highest BCUT2D eigenvalue weighted by Crippen LogP contribution is 2.23. The fourth-order valence-corrected chi connectivity index (χ4v) is 1.81. The zero-order valence-corrected chi connectivity index (χ0v) is 12.4. The summed E-state index contributed by atoms with van der Waals surface area (Å²) in [6.45, 7) is 2.16. The summed E-state index contributed by atoms with van der Waals surface area (Å²) in [5.74, 6) is 0.500. The molecule has 0 aromatic heterocycles. The van der Waals surface area contributed by atoms with Crippen molar-refractivity contribution >= 4 is 11.5 Å². The minimum atomic E-state index is -0.342. The Labute approximate surface area is 120 Å². The van der Waals surface area contributed by atoms with Gasteiger partial charge in [0.15, 0.2) is 0 Å². The minimum Gasteiger partial charge on any atom is -0.497 e. The van der Waals surface area contributed by atoms with Crippen molar-refractivity contribution in [3.8, 4) is 5.75 Å². The molecular weight excluding hydrogens is 252 g/mol. The SMILES string of the molecule is CCCC/C(=C\C=C\C(=O)OC)c1ccc(OC)cc1. The number of unbranched alkanes of at least 4 members (excludes halogenated alkanes) is 1. The minimum absolute atomic E-state index is 0.342. The number of esters is 1. The molecule has 108 valence electrons. The quantitative estimate of drug-likeness (QED) is 0.428. The van der Waals surface area contributed by atoms with Crippen LogP contribution in [0.25, 0.3) is 5.57 Å². The highest BCUT2D eigenvalue weighted by molar-refractivity contribution is 5.82. The lowest BCUT2D eigenvalue weighted by molar-refractivity contribution is -0.134. The van der Waals surface area contributed by atoms with Crippen molar-refractivity contribution in [2.24, 2.45) is 0 Å². The van der Waals surface area contributed by atoms with Crippen LogP contribution in [0.1, 0.15) is 31.7 Å². The summed E-state index contributed by atoms with van der Waals surface area (Å²) in [6.07, 6.45) is 8.36. The number of allylic oxidation sites excluding steroid dienone is 3. The Balaban J connectivity index is 2.89. The monoisotopic (exact) mass is 274 g/mol. The lowest BCUT2D eigenvalue weighted by Gasteiger charge is -2.07. The van der Waals surface area contributed by atoms with Crippen molar-refractivity contribution in [1.82, 2.24) is 0 Å². The van der Waals surface area contributed by atoms with Crippen LogP contribution in [0, 0.1) is 0 Å². The number of carbonyl (C=O) groups excluding carboxylic acids is 1. The van der Waals surface area contributed by atoms with E-state index in [4.69, 9.17) is 4.74 Å². The van der Waals surface area contributed by atoms with Crippen LogP contribution >= 0.6 is 0 Å². The Bertz CT molecular complexity index is 470. The first-order valence-electron chi connectivity index (χ1n) is 6.80. The van der Waals surface area contributed by atoms with E-state index < -0.39 is 0 Å². The summed E-state index contributed by atoms with van der Waals surface area (Å²) in [5.41, 5.74) is 2.35. The van der Waals surface area contributed by atoms with Gasteiger partial charge in [0.1, 0.15) is 5.75 Å². The molecule has 0 aliphatic carbocycles. The van der Waals surface area contributed by atoms with E-state index in [0.717, 1.165) is 30.6 Å². The van der Waals surface area contributed by atoms with E-state index in [-0.39, 0.29) is 5.97 Å². The number of rotatable bonds is 7. The van der Waals surface area contributed by atoms with Gasteiger partial charge in [0.2, 0.25) is 0 Å². The summed E-state index contributed by atoms with van der Waals surface area (Å²) >= 11 is 0. The van der Waals surface area contributed by atoms with Crippen LogP contribution in [0.15, 0.2) is 42.5 Å². The Morgan fingerprint density at radius 2 is 1.90 bits per heavy atom. The molecule has 0 spiro atoms. The molecular formula is C17H22O3. The molecule has 0 N–H and O–H groups in total. The van der Waals surface area contributed by atoms with Gasteiger partial charge in [-0.25, -0.2) is 4.79 Å². The third-order valence-corrected chi connectivity index (χ3v) is 2.99. The lowest BCUT2D eigenvalue weighted by atomic mass is 9.99. The second-order valence-corrected chi connectivity index (χ2v) is 4.41. The number of methoxy groups -OCH3 is 2. The van der Waals surface area contributed by atoms with Crippen molar-refractivity contribution in [3.05, 3.63) is 48.1 Å². The summed E-state index contributed by atoms with van der Waals surface area (Å²) in [4.78, 5) is 11.1. The molecule has 0 amide bonds. The molecule has 3 heteroatoms. The zero-order valence-electron chi connectivity index (χ0n) is 12.4. The number of hydrogen-bond acceptors (Lipinski definition) is 3. The van der Waals surface area contributed by atoms with Gasteiger partial charge in [-0.15, -0.1) is 0 Å². The van der Waals surface area contributed by atoms with Gasteiger partial charge in [0.05, 0.1) is 14.2 Å². The van der Waals surface area contributed by atoms with Gasteiger partial charge in [-0.05, 0) is 36.1 Å². The highest BCUT2D eigenvalue weighted by atomic mass is 16.5. The van der Waals surface area contributed by atoms with E-state index in [1.165, 1.54) is 18.8 Å². The number of benzene rings is 1. The van der Waals surface area contributed by atoms with Crippen molar-refractivity contribution in [2.75, 3.05) is 14.2 Å². The molecule has 0 saturated heterocycles. The number of ether oxygens (including phenoxy) is 2. The highest BCUT2D eigenvalue weighted by Gasteiger charge is 2.01. The standard InChI is InChI=1S/C17H22O3/c1-4-5-7-14(8-6-9-17(18)20-3)15-10-12-16(19-2)13-11-15/h6,8-13H,4-5,7H2,1-3H3/b9-6+,14-8+. The molecule has 0 aliphatic heterocycles. The summed E-state index contributed by atoms with van der Waals surface area (Å²) < 4.78 is 9.74. The van der Waals surface area contributed by atoms with Crippen molar-refractivity contribution in [1.29, 1.82) is 0 Å². The Morgan fingerprint density at radius 1 is 1.20 bits per heavy atom. The van der Waals surface area contributed by atoms with E-state index in [2.05, 4.69) is 11.7 Å². The summed E-state index contributed by atoms with van der Waals surface area (Å²) in [6, 6.07) is 7.96. The third-order valence-electron chi connectivity index (χ3n) is 2.99. The molecule has 0 radical (unpaired) electrons. The number of hydrogen-bond donors (Lipinski definition) is 0. The molecule has 0 heterocycles. The van der Waals surface area contributed by atoms with Crippen LogP contribution < -0.4 is 4.74 Å². The van der Waals surface area contributed by atoms with Crippen molar-refractivity contribution < 1.29 is 14.3 Å². The van der Waals surface area contributed by atoms with Gasteiger partial charge in [0.25, 0.3) is 0 Å². The predicted molar refractivity (Wildman–Crippen MR) is 81.7 cm³/mol. The molecule has 20 heavy (non-hydrogen) atoms. The molecule has 0 bridgehead atoms. The predicted octanol–water partition coefficient (Wildman–Crippen LogP) is 4.00. The Morgan fingerprint density at radius 3 is 2.45 bits per heavy atom. The van der Waals surface area contributed by atoms with Crippen LogP contribution in [0.4, 0.5) is 0 Å². The molecule has 1 aromatic carbocycles. The van der Waals surface area contributed by atoms with E-state index in [1.54, 1.807) is 13.2 Å². The Kier molecular flexibility index (Phi) is 7.18. The first kappa shape index (κ1) is 16.0. The van der Waals surface area contributed by atoms with Crippen LogP contribution in [0.3, 0.4) is 0 Å². The first-order valence-corrected chi connectivity index (χ1v) is 6.80. The zero-order chi connectivity index (χ0) is 14.8. The molecule has 0 aliphatic rings. The average molecular weight is 274 g/mol. The molecule has 0 atom stereocenters. The fraction of sp³-hybridized carbons (Fsp3) is 0.353. The van der Waals surface area contributed by atoms with Gasteiger partial charge >= 0.3 is 5.97 Å². The lowest BCUT2D eigenvalue weighted by Crippen LogP contribution is -1.93. The maximum Gasteiger partial charge on any atom is 0.330 e. The van der Waals surface area contributed by atoms with Crippen LogP contribution in [-0.2, 0) is 9.53 Å². The molecule has 0 saturated carbocycles. The third kappa shape index (κ3) is 5.31. The Hall–Kier alpha value is -2.03. The average Bonchev–Trinajstić information content (AvgIpc) is 2.50.